The normalized spacial score (nSPS) is 11.3. The molecule has 6 nitrogen and oxygen atoms in total. The van der Waals surface area contributed by atoms with Crippen LogP contribution in [0.4, 0.5) is 5.69 Å². The summed E-state index contributed by atoms with van der Waals surface area (Å²) in [5.74, 6) is 0.246. The number of amides is 1. The summed E-state index contributed by atoms with van der Waals surface area (Å²) in [5, 5.41) is 2.73. The van der Waals surface area contributed by atoms with Gasteiger partial charge in [-0.15, -0.1) is 0 Å². The average molecular weight is 435 g/mol. The van der Waals surface area contributed by atoms with Crippen LogP contribution in [0.5, 0.6) is 0 Å². The molecule has 8 heteroatoms. The highest BCUT2D eigenvalue weighted by Crippen LogP contribution is 2.16. The summed E-state index contributed by atoms with van der Waals surface area (Å²) in [4.78, 5) is 12.3. The predicted octanol–water partition coefficient (Wildman–Crippen LogP) is 3.77. The lowest BCUT2D eigenvalue weighted by atomic mass is 10.2. The zero-order valence-electron chi connectivity index (χ0n) is 13.5. The molecule has 3 aromatic rings. The molecule has 0 saturated heterocycles. The van der Waals surface area contributed by atoms with Crippen LogP contribution in [0.1, 0.15) is 16.1 Å². The number of carbonyl (C=O) groups excluding carboxylic acids is 1. The SMILES string of the molecule is O=C(Nc1ccc(S(=O)(=O)NCc2ccco2)cc1)c1ccc(Br)cc1. The maximum atomic E-state index is 12.3. The zero-order valence-corrected chi connectivity index (χ0v) is 15.9. The highest BCUT2D eigenvalue weighted by molar-refractivity contribution is 9.10. The second-order valence-corrected chi connectivity index (χ2v) is 8.07. The molecule has 1 aromatic heterocycles. The van der Waals surface area contributed by atoms with Crippen LogP contribution in [0.3, 0.4) is 0 Å². The monoisotopic (exact) mass is 434 g/mol. The van der Waals surface area contributed by atoms with Crippen LogP contribution < -0.4 is 10.0 Å². The summed E-state index contributed by atoms with van der Waals surface area (Å²) in [5.41, 5.74) is 1.01. The summed E-state index contributed by atoms with van der Waals surface area (Å²) < 4.78 is 33.0. The molecule has 1 heterocycles. The van der Waals surface area contributed by atoms with E-state index in [1.807, 2.05) is 0 Å². The largest absolute Gasteiger partial charge is 0.468 e. The van der Waals surface area contributed by atoms with Gasteiger partial charge in [-0.1, -0.05) is 15.9 Å². The number of rotatable bonds is 6. The lowest BCUT2D eigenvalue weighted by Crippen LogP contribution is -2.23. The van der Waals surface area contributed by atoms with Gasteiger partial charge >= 0.3 is 0 Å². The molecule has 0 spiro atoms. The van der Waals surface area contributed by atoms with Gasteiger partial charge in [-0.2, -0.15) is 0 Å². The number of anilines is 1. The Morgan fingerprint density at radius 2 is 1.69 bits per heavy atom. The van der Waals surface area contributed by atoms with Gasteiger partial charge < -0.3 is 9.73 Å². The van der Waals surface area contributed by atoms with E-state index in [-0.39, 0.29) is 17.3 Å². The maximum absolute atomic E-state index is 12.3. The molecule has 0 aliphatic rings. The van der Waals surface area contributed by atoms with E-state index < -0.39 is 10.0 Å². The van der Waals surface area contributed by atoms with Crippen molar-refractivity contribution < 1.29 is 17.6 Å². The van der Waals surface area contributed by atoms with Crippen molar-refractivity contribution in [2.75, 3.05) is 5.32 Å². The van der Waals surface area contributed by atoms with Crippen LogP contribution in [0, 0.1) is 0 Å². The van der Waals surface area contributed by atoms with Gasteiger partial charge in [0, 0.05) is 15.7 Å². The molecule has 26 heavy (non-hydrogen) atoms. The van der Waals surface area contributed by atoms with Crippen molar-refractivity contribution >= 4 is 37.5 Å². The first-order valence-electron chi connectivity index (χ1n) is 7.63. The fourth-order valence-electron chi connectivity index (χ4n) is 2.18. The highest BCUT2D eigenvalue weighted by Gasteiger charge is 2.14. The van der Waals surface area contributed by atoms with Crippen LogP contribution >= 0.6 is 15.9 Å². The molecule has 0 unspecified atom stereocenters. The fourth-order valence-corrected chi connectivity index (χ4v) is 3.44. The van der Waals surface area contributed by atoms with Gasteiger partial charge in [0.15, 0.2) is 0 Å². The third-order valence-electron chi connectivity index (χ3n) is 3.55. The van der Waals surface area contributed by atoms with Crippen molar-refractivity contribution in [3.63, 3.8) is 0 Å². The van der Waals surface area contributed by atoms with E-state index in [9.17, 15) is 13.2 Å². The third kappa shape index (κ3) is 4.60. The number of sulfonamides is 1. The van der Waals surface area contributed by atoms with Gasteiger partial charge in [0.1, 0.15) is 5.76 Å². The van der Waals surface area contributed by atoms with Gasteiger partial charge in [0.25, 0.3) is 5.91 Å². The Balaban J connectivity index is 1.65. The topological polar surface area (TPSA) is 88.4 Å². The number of nitrogens with one attached hydrogen (secondary N) is 2. The molecule has 0 radical (unpaired) electrons. The van der Waals surface area contributed by atoms with Crippen LogP contribution in [0.15, 0.2) is 80.7 Å². The maximum Gasteiger partial charge on any atom is 0.255 e. The van der Waals surface area contributed by atoms with Crippen LogP contribution in [0.25, 0.3) is 0 Å². The molecule has 0 atom stereocenters. The third-order valence-corrected chi connectivity index (χ3v) is 5.49. The summed E-state index contributed by atoms with van der Waals surface area (Å²) >= 11 is 3.31. The molecule has 1 amide bonds. The van der Waals surface area contributed by atoms with Crippen molar-refractivity contribution in [1.29, 1.82) is 0 Å². The first-order valence-corrected chi connectivity index (χ1v) is 9.91. The molecule has 0 aliphatic carbocycles. The Bertz CT molecular complexity index is 983. The smallest absolute Gasteiger partial charge is 0.255 e. The molecule has 3 rings (SSSR count). The fraction of sp³-hybridized carbons (Fsp3) is 0.0556. The molecule has 0 saturated carbocycles. The van der Waals surface area contributed by atoms with Gasteiger partial charge in [-0.25, -0.2) is 13.1 Å². The Kier molecular flexibility index (Phi) is 5.55. The Morgan fingerprint density at radius 3 is 2.31 bits per heavy atom. The van der Waals surface area contributed by atoms with Crippen molar-refractivity contribution in [2.45, 2.75) is 11.4 Å². The zero-order chi connectivity index (χ0) is 18.6. The minimum Gasteiger partial charge on any atom is -0.468 e. The van der Waals surface area contributed by atoms with Crippen LogP contribution in [0.2, 0.25) is 0 Å². The molecule has 2 aromatic carbocycles. The molecule has 2 N–H and O–H groups in total. The van der Waals surface area contributed by atoms with Crippen LogP contribution in [-0.4, -0.2) is 14.3 Å². The number of furan rings is 1. The summed E-state index contributed by atoms with van der Waals surface area (Å²) in [6.07, 6.45) is 1.48. The van der Waals surface area contributed by atoms with E-state index in [1.54, 1.807) is 36.4 Å². The summed E-state index contributed by atoms with van der Waals surface area (Å²) in [7, 11) is -3.67. The molecule has 0 fully saturated rings. The van der Waals surface area contributed by atoms with Crippen LogP contribution in [-0.2, 0) is 16.6 Å². The predicted molar refractivity (Wildman–Crippen MR) is 101 cm³/mol. The van der Waals surface area contributed by atoms with Gasteiger partial charge in [0.2, 0.25) is 10.0 Å². The Hall–Kier alpha value is -2.42. The lowest BCUT2D eigenvalue weighted by Gasteiger charge is -2.08. The first kappa shape index (κ1) is 18.4. The minimum atomic E-state index is -3.67. The summed E-state index contributed by atoms with van der Waals surface area (Å²) in [6, 6.07) is 16.2. The molecule has 0 bridgehead atoms. The quantitative estimate of drug-likeness (QED) is 0.617. The van der Waals surface area contributed by atoms with E-state index >= 15 is 0 Å². The minimum absolute atomic E-state index is 0.0669. The van der Waals surface area contributed by atoms with Gasteiger partial charge in [-0.3, -0.25) is 4.79 Å². The number of halogens is 1. The Labute approximate surface area is 159 Å². The van der Waals surface area contributed by atoms with E-state index in [0.717, 1.165) is 4.47 Å². The number of hydrogen-bond acceptors (Lipinski definition) is 4. The second-order valence-electron chi connectivity index (χ2n) is 5.39. The van der Waals surface area contributed by atoms with E-state index in [2.05, 4.69) is 26.0 Å². The number of benzene rings is 2. The average Bonchev–Trinajstić information content (AvgIpc) is 3.15. The first-order chi connectivity index (χ1) is 12.4. The van der Waals surface area contributed by atoms with Gasteiger partial charge in [0.05, 0.1) is 17.7 Å². The van der Waals surface area contributed by atoms with Crippen molar-refractivity contribution in [2.24, 2.45) is 0 Å². The standard InChI is InChI=1S/C18H15BrN2O4S/c19-14-5-3-13(4-6-14)18(22)21-15-7-9-17(10-8-15)26(23,24)20-12-16-2-1-11-25-16/h1-11,20H,12H2,(H,21,22). The number of carbonyl (C=O) groups is 1. The number of hydrogen-bond donors (Lipinski definition) is 2. The molecular formula is C18H15BrN2O4S. The lowest BCUT2D eigenvalue weighted by molar-refractivity contribution is 0.102. The van der Waals surface area contributed by atoms with E-state index in [4.69, 9.17) is 4.42 Å². The van der Waals surface area contributed by atoms with E-state index in [0.29, 0.717) is 17.0 Å². The highest BCUT2D eigenvalue weighted by atomic mass is 79.9. The molecular weight excluding hydrogens is 420 g/mol. The van der Waals surface area contributed by atoms with Crippen molar-refractivity contribution in [1.82, 2.24) is 4.72 Å². The van der Waals surface area contributed by atoms with Crippen molar-refractivity contribution in [3.05, 3.63) is 82.7 Å². The Morgan fingerprint density at radius 1 is 1.00 bits per heavy atom. The van der Waals surface area contributed by atoms with E-state index in [1.165, 1.54) is 30.5 Å². The van der Waals surface area contributed by atoms with Gasteiger partial charge in [-0.05, 0) is 60.7 Å². The van der Waals surface area contributed by atoms with Crippen molar-refractivity contribution in [3.8, 4) is 0 Å². The summed E-state index contributed by atoms with van der Waals surface area (Å²) in [6.45, 7) is 0.0669. The molecule has 0 aliphatic heterocycles. The second kappa shape index (κ2) is 7.86. The molecule has 134 valence electrons.